The molecule has 0 aliphatic carbocycles. The van der Waals surface area contributed by atoms with Gasteiger partial charge in [0.15, 0.2) is 5.75 Å². The summed E-state index contributed by atoms with van der Waals surface area (Å²) < 4.78 is 4.25. The molecule has 1 aromatic heterocycles. The van der Waals surface area contributed by atoms with E-state index in [0.717, 1.165) is 0 Å². The Morgan fingerprint density at radius 3 is 3.25 bits per heavy atom. The lowest BCUT2D eigenvalue weighted by molar-refractivity contribution is 0.443. The Morgan fingerprint density at radius 2 is 2.75 bits per heavy atom. The topological polar surface area (TPSA) is 55.0 Å². The van der Waals surface area contributed by atoms with E-state index in [0.29, 0.717) is 5.75 Å². The third kappa shape index (κ3) is 0.841. The van der Waals surface area contributed by atoms with E-state index in [-0.39, 0.29) is 0 Å². The third-order valence-electron chi connectivity index (χ3n) is 0.633. The van der Waals surface area contributed by atoms with Crippen LogP contribution in [-0.4, -0.2) is 16.7 Å². The van der Waals surface area contributed by atoms with Crippen molar-refractivity contribution in [1.29, 1.82) is 0 Å². The Bertz CT molecular complexity index is 159. The van der Waals surface area contributed by atoms with Crippen molar-refractivity contribution in [3.63, 3.8) is 0 Å². The molecule has 1 rings (SSSR count). The lowest BCUT2D eigenvalue weighted by Crippen LogP contribution is -1.83. The van der Waals surface area contributed by atoms with Crippen LogP contribution in [-0.2, 0) is 4.79 Å². The summed E-state index contributed by atoms with van der Waals surface area (Å²) >= 11 is 0. The molecule has 8 heavy (non-hydrogen) atoms. The summed E-state index contributed by atoms with van der Waals surface area (Å²) in [4.78, 5) is 9.48. The van der Waals surface area contributed by atoms with Crippen molar-refractivity contribution in [1.82, 2.24) is 10.2 Å². The average molecular weight is 111 g/mol. The first-order valence-electron chi connectivity index (χ1n) is 1.96. The number of hydrogen-bond acceptors (Lipinski definition) is 3. The number of ether oxygens (including phenoxy) is 1. The molecule has 1 heterocycles. The van der Waals surface area contributed by atoms with Gasteiger partial charge in [-0.25, -0.2) is 4.79 Å². The molecule has 41 valence electrons. The Balaban J connectivity index is 2.62. The summed E-state index contributed by atoms with van der Waals surface area (Å²) in [7, 11) is 0. The molecule has 1 N–H and O–H groups in total. The fraction of sp³-hybridized carbons (Fsp3) is 0. The van der Waals surface area contributed by atoms with E-state index in [2.05, 4.69) is 14.9 Å². The van der Waals surface area contributed by atoms with Crippen molar-refractivity contribution in [3.05, 3.63) is 12.4 Å². The molecule has 0 aliphatic heterocycles. The van der Waals surface area contributed by atoms with Gasteiger partial charge in [0, 0.05) is 0 Å². The monoisotopic (exact) mass is 111 g/mol. The second-order valence-corrected chi connectivity index (χ2v) is 1.12. The number of rotatable bonds is 2. The second kappa shape index (κ2) is 2.11. The zero-order valence-corrected chi connectivity index (χ0v) is 3.92. The summed E-state index contributed by atoms with van der Waals surface area (Å²) in [5, 5.41) is 5.97. The van der Waals surface area contributed by atoms with Crippen LogP contribution in [0, 0.1) is 0 Å². The first-order chi connectivity index (χ1) is 3.93. The van der Waals surface area contributed by atoms with E-state index >= 15 is 0 Å². The quantitative estimate of drug-likeness (QED) is 0.577. The fourth-order valence-electron chi connectivity index (χ4n) is 0.343. The molecule has 0 aliphatic rings. The van der Waals surface area contributed by atoms with Crippen LogP contribution in [0.3, 0.4) is 0 Å². The van der Waals surface area contributed by atoms with E-state index < -0.39 is 0 Å². The molecule has 1 aromatic rings. The molecule has 0 saturated heterocycles. The second-order valence-electron chi connectivity index (χ2n) is 1.12. The van der Waals surface area contributed by atoms with Gasteiger partial charge in [0.25, 0.3) is 0 Å². The minimum absolute atomic E-state index is 0.375. The SMILES string of the molecule is O=[C]Oc1cn[nH]c1. The average Bonchev–Trinajstić information content (AvgIpc) is 2.19. The highest BCUT2D eigenvalue weighted by Gasteiger charge is 1.88. The largest absolute Gasteiger partial charge is 0.423 e. The molecule has 0 amide bonds. The highest BCUT2D eigenvalue weighted by atomic mass is 16.5. The molecular weight excluding hydrogens is 108 g/mol. The molecule has 1 radical (unpaired) electrons. The predicted molar refractivity (Wildman–Crippen MR) is 24.9 cm³/mol. The van der Waals surface area contributed by atoms with Crippen LogP contribution in [0.4, 0.5) is 0 Å². The summed E-state index contributed by atoms with van der Waals surface area (Å²) in [6, 6.07) is 0. The van der Waals surface area contributed by atoms with Gasteiger partial charge in [-0.3, -0.25) is 5.10 Å². The van der Waals surface area contributed by atoms with Crippen molar-refractivity contribution in [2.24, 2.45) is 0 Å². The van der Waals surface area contributed by atoms with Crippen LogP contribution >= 0.6 is 0 Å². The van der Waals surface area contributed by atoms with Crippen LogP contribution < -0.4 is 4.74 Å². The van der Waals surface area contributed by atoms with Crippen molar-refractivity contribution in [2.45, 2.75) is 0 Å². The molecule has 0 bridgehead atoms. The van der Waals surface area contributed by atoms with Gasteiger partial charge < -0.3 is 4.74 Å². The molecule has 0 unspecified atom stereocenters. The number of carbonyl (C=O) groups excluding carboxylic acids is 1. The van der Waals surface area contributed by atoms with Gasteiger partial charge in [0.05, 0.1) is 12.4 Å². The Hall–Kier alpha value is -1.32. The minimum atomic E-state index is 0.375. The van der Waals surface area contributed by atoms with E-state index in [9.17, 15) is 4.79 Å². The first-order valence-corrected chi connectivity index (χ1v) is 1.96. The van der Waals surface area contributed by atoms with Crippen molar-refractivity contribution in [3.8, 4) is 5.75 Å². The summed E-state index contributed by atoms with van der Waals surface area (Å²) in [6.07, 6.45) is 2.83. The van der Waals surface area contributed by atoms with Crippen LogP contribution in [0.5, 0.6) is 5.75 Å². The van der Waals surface area contributed by atoms with Crippen molar-refractivity contribution in [2.75, 3.05) is 0 Å². The van der Waals surface area contributed by atoms with E-state index in [1.807, 2.05) is 0 Å². The van der Waals surface area contributed by atoms with E-state index in [4.69, 9.17) is 0 Å². The van der Waals surface area contributed by atoms with Gasteiger partial charge in [-0.2, -0.15) is 5.10 Å². The number of H-pyrrole nitrogens is 1. The van der Waals surface area contributed by atoms with E-state index in [1.165, 1.54) is 18.9 Å². The number of hydrogen-bond donors (Lipinski definition) is 1. The van der Waals surface area contributed by atoms with Gasteiger partial charge in [-0.15, -0.1) is 0 Å². The van der Waals surface area contributed by atoms with Crippen molar-refractivity contribution >= 4 is 6.47 Å². The molecule has 0 saturated carbocycles. The number of nitrogens with one attached hydrogen (secondary N) is 1. The Morgan fingerprint density at radius 1 is 1.88 bits per heavy atom. The van der Waals surface area contributed by atoms with Gasteiger partial charge in [0.1, 0.15) is 0 Å². The lowest BCUT2D eigenvalue weighted by atomic mass is 10.7. The Kier molecular flexibility index (Phi) is 1.27. The van der Waals surface area contributed by atoms with Crippen LogP contribution in [0.25, 0.3) is 0 Å². The highest BCUT2D eigenvalue weighted by molar-refractivity contribution is 5.44. The normalized spacial score (nSPS) is 8.50. The maximum absolute atomic E-state index is 9.48. The summed E-state index contributed by atoms with van der Waals surface area (Å²) in [5.74, 6) is 0.375. The maximum Gasteiger partial charge on any atom is 0.423 e. The zero-order valence-electron chi connectivity index (χ0n) is 3.92. The Labute approximate surface area is 45.5 Å². The zero-order chi connectivity index (χ0) is 5.82. The number of aromatic amines is 1. The molecule has 0 fully saturated rings. The standard InChI is InChI=1S/C4H3N2O2/c7-3-8-4-1-5-6-2-4/h1-2H,(H,5,6). The third-order valence-corrected chi connectivity index (χ3v) is 0.633. The predicted octanol–water partition coefficient (Wildman–Crippen LogP) is -0.144. The molecule has 4 nitrogen and oxygen atoms in total. The van der Waals surface area contributed by atoms with Crippen LogP contribution in [0.2, 0.25) is 0 Å². The number of nitrogens with zero attached hydrogens (tertiary/aromatic N) is 1. The first kappa shape index (κ1) is 4.83. The fourth-order valence-corrected chi connectivity index (χ4v) is 0.343. The summed E-state index contributed by atoms with van der Waals surface area (Å²) in [5.41, 5.74) is 0. The molecule has 0 aromatic carbocycles. The van der Waals surface area contributed by atoms with Gasteiger partial charge in [-0.1, -0.05) is 0 Å². The van der Waals surface area contributed by atoms with Gasteiger partial charge in [-0.05, 0) is 0 Å². The van der Waals surface area contributed by atoms with Crippen LogP contribution in [0.1, 0.15) is 0 Å². The van der Waals surface area contributed by atoms with Crippen LogP contribution in [0.15, 0.2) is 12.4 Å². The molecule has 0 spiro atoms. The minimum Gasteiger partial charge on any atom is -0.415 e. The van der Waals surface area contributed by atoms with Gasteiger partial charge >= 0.3 is 6.47 Å². The maximum atomic E-state index is 9.48. The number of aromatic nitrogens is 2. The molecule has 0 atom stereocenters. The smallest absolute Gasteiger partial charge is 0.415 e. The highest BCUT2D eigenvalue weighted by Crippen LogP contribution is 2.01. The van der Waals surface area contributed by atoms with Crippen molar-refractivity contribution < 1.29 is 9.53 Å². The molecule has 4 heteroatoms. The molecular formula is C4H3N2O2. The lowest BCUT2D eigenvalue weighted by Gasteiger charge is -1.81. The summed E-state index contributed by atoms with van der Waals surface area (Å²) in [6.45, 7) is 1.26. The van der Waals surface area contributed by atoms with E-state index in [1.54, 1.807) is 0 Å². The van der Waals surface area contributed by atoms with Gasteiger partial charge in [0.2, 0.25) is 0 Å².